The van der Waals surface area contributed by atoms with Crippen LogP contribution in [0, 0.1) is 6.92 Å². The molecule has 4 nitrogen and oxygen atoms in total. The van der Waals surface area contributed by atoms with Gasteiger partial charge in [-0.2, -0.15) is 0 Å². The van der Waals surface area contributed by atoms with Gasteiger partial charge in [0.2, 0.25) is 0 Å². The molecule has 0 saturated carbocycles. The highest BCUT2D eigenvalue weighted by Crippen LogP contribution is 2.18. The van der Waals surface area contributed by atoms with Crippen LogP contribution < -0.4 is 5.32 Å². The van der Waals surface area contributed by atoms with Gasteiger partial charge in [-0.3, -0.25) is 4.40 Å². The molecule has 0 aromatic carbocycles. The summed E-state index contributed by atoms with van der Waals surface area (Å²) in [7, 11) is 1.84. The first-order valence-electron chi connectivity index (χ1n) is 3.90. The minimum absolute atomic E-state index is 0.797. The monoisotopic (exact) mass is 240 g/mol. The van der Waals surface area contributed by atoms with Gasteiger partial charge in [0.25, 0.3) is 0 Å². The van der Waals surface area contributed by atoms with Crippen molar-refractivity contribution in [1.29, 1.82) is 0 Å². The summed E-state index contributed by atoms with van der Waals surface area (Å²) in [6, 6.07) is 0. The highest BCUT2D eigenvalue weighted by atomic mass is 79.9. The van der Waals surface area contributed by atoms with Crippen LogP contribution in [0.5, 0.6) is 0 Å². The Balaban J connectivity index is 2.84. The van der Waals surface area contributed by atoms with Gasteiger partial charge in [0, 0.05) is 13.2 Å². The summed E-state index contributed by atoms with van der Waals surface area (Å²) in [6.45, 7) is 1.95. The maximum atomic E-state index is 4.32. The van der Waals surface area contributed by atoms with Gasteiger partial charge in [-0.1, -0.05) is 0 Å². The Kier molecular flexibility index (Phi) is 1.95. The van der Waals surface area contributed by atoms with Gasteiger partial charge in [-0.15, -0.1) is 0 Å². The number of rotatable bonds is 1. The van der Waals surface area contributed by atoms with Crippen molar-refractivity contribution in [2.24, 2.45) is 0 Å². The normalized spacial score (nSPS) is 10.7. The highest BCUT2D eigenvalue weighted by Gasteiger charge is 2.06. The number of hydrogen-bond acceptors (Lipinski definition) is 3. The Morgan fingerprint density at radius 3 is 3.00 bits per heavy atom. The molecule has 0 amide bonds. The summed E-state index contributed by atoms with van der Waals surface area (Å²) >= 11 is 3.41. The van der Waals surface area contributed by atoms with E-state index in [0.29, 0.717) is 0 Å². The number of nitrogens with one attached hydrogen (secondary N) is 1. The number of hydrogen-bond donors (Lipinski definition) is 1. The Morgan fingerprint density at radius 1 is 1.54 bits per heavy atom. The number of aryl methyl sites for hydroxylation is 1. The Morgan fingerprint density at radius 2 is 2.31 bits per heavy atom. The van der Waals surface area contributed by atoms with Gasteiger partial charge in [0.1, 0.15) is 4.60 Å². The van der Waals surface area contributed by atoms with Gasteiger partial charge in [0.05, 0.1) is 11.9 Å². The predicted octanol–water partition coefficient (Wildman–Crippen LogP) is 1.84. The second-order valence-electron chi connectivity index (χ2n) is 2.76. The molecule has 0 radical (unpaired) electrons. The van der Waals surface area contributed by atoms with E-state index in [-0.39, 0.29) is 0 Å². The molecule has 0 unspecified atom stereocenters. The van der Waals surface area contributed by atoms with Crippen LogP contribution >= 0.6 is 15.9 Å². The SMILES string of the molecule is CNc1nc(C)cn2c(Br)cnc12. The molecule has 0 atom stereocenters. The summed E-state index contributed by atoms with van der Waals surface area (Å²) in [5, 5.41) is 3.01. The zero-order chi connectivity index (χ0) is 9.42. The van der Waals surface area contributed by atoms with E-state index in [9.17, 15) is 0 Å². The minimum Gasteiger partial charge on any atom is -0.370 e. The average molecular weight is 241 g/mol. The van der Waals surface area contributed by atoms with E-state index in [0.717, 1.165) is 21.8 Å². The standard InChI is InChI=1S/C8H9BrN4/c1-5-4-13-6(9)3-11-8(13)7(10-2)12-5/h3-4H,1-2H3,(H,10,12). The first-order chi connectivity index (χ1) is 6.22. The lowest BCUT2D eigenvalue weighted by molar-refractivity contribution is 1.05. The molecule has 2 aromatic heterocycles. The Hall–Kier alpha value is -1.10. The maximum Gasteiger partial charge on any atom is 0.180 e. The third kappa shape index (κ3) is 1.29. The van der Waals surface area contributed by atoms with Gasteiger partial charge in [0.15, 0.2) is 11.5 Å². The molecule has 13 heavy (non-hydrogen) atoms. The van der Waals surface area contributed by atoms with E-state index in [1.165, 1.54) is 0 Å². The summed E-state index contributed by atoms with van der Waals surface area (Å²) in [4.78, 5) is 8.54. The molecule has 0 aliphatic rings. The number of imidazole rings is 1. The van der Waals surface area contributed by atoms with Crippen molar-refractivity contribution in [3.63, 3.8) is 0 Å². The number of halogens is 1. The summed E-state index contributed by atoms with van der Waals surface area (Å²) < 4.78 is 2.89. The molecule has 5 heteroatoms. The van der Waals surface area contributed by atoms with Crippen molar-refractivity contribution in [3.8, 4) is 0 Å². The van der Waals surface area contributed by atoms with E-state index in [2.05, 4.69) is 31.2 Å². The first kappa shape index (κ1) is 8.50. The molecular formula is C8H9BrN4. The van der Waals surface area contributed by atoms with Crippen LogP contribution in [0.4, 0.5) is 5.82 Å². The quantitative estimate of drug-likeness (QED) is 0.828. The van der Waals surface area contributed by atoms with Crippen LogP contribution in [0.1, 0.15) is 5.69 Å². The smallest absolute Gasteiger partial charge is 0.180 e. The number of aromatic nitrogens is 3. The molecular weight excluding hydrogens is 232 g/mol. The molecule has 0 bridgehead atoms. The van der Waals surface area contributed by atoms with E-state index >= 15 is 0 Å². The first-order valence-corrected chi connectivity index (χ1v) is 4.69. The number of nitrogens with zero attached hydrogens (tertiary/aromatic N) is 3. The molecule has 2 rings (SSSR count). The zero-order valence-electron chi connectivity index (χ0n) is 7.37. The third-order valence-electron chi connectivity index (χ3n) is 1.80. The molecule has 68 valence electrons. The van der Waals surface area contributed by atoms with Gasteiger partial charge in [-0.05, 0) is 22.9 Å². The van der Waals surface area contributed by atoms with Gasteiger partial charge in [-0.25, -0.2) is 9.97 Å². The summed E-state index contributed by atoms with van der Waals surface area (Å²) in [6.07, 6.45) is 3.70. The van der Waals surface area contributed by atoms with Crippen LogP contribution in [0.2, 0.25) is 0 Å². The molecule has 0 aliphatic heterocycles. The van der Waals surface area contributed by atoms with E-state index in [1.54, 1.807) is 6.20 Å². The van der Waals surface area contributed by atoms with Crippen molar-refractivity contribution in [1.82, 2.24) is 14.4 Å². The third-order valence-corrected chi connectivity index (χ3v) is 2.39. The topological polar surface area (TPSA) is 42.2 Å². The molecule has 0 spiro atoms. The lowest BCUT2D eigenvalue weighted by atomic mass is 10.5. The van der Waals surface area contributed by atoms with Gasteiger partial charge < -0.3 is 5.32 Å². The second-order valence-corrected chi connectivity index (χ2v) is 3.57. The van der Waals surface area contributed by atoms with Crippen LogP contribution in [0.15, 0.2) is 17.0 Å². The van der Waals surface area contributed by atoms with Gasteiger partial charge >= 0.3 is 0 Å². The van der Waals surface area contributed by atoms with Crippen LogP contribution in [-0.2, 0) is 0 Å². The number of anilines is 1. The molecule has 2 heterocycles. The molecule has 2 aromatic rings. The molecule has 0 aliphatic carbocycles. The molecule has 1 N–H and O–H groups in total. The average Bonchev–Trinajstić information content (AvgIpc) is 2.47. The fourth-order valence-corrected chi connectivity index (χ4v) is 1.62. The van der Waals surface area contributed by atoms with E-state index in [1.807, 2.05) is 24.6 Å². The van der Waals surface area contributed by atoms with E-state index in [4.69, 9.17) is 0 Å². The lowest BCUT2D eigenvalue weighted by Crippen LogP contribution is -1.99. The predicted molar refractivity (Wildman–Crippen MR) is 55.0 cm³/mol. The molecule has 0 fully saturated rings. The zero-order valence-corrected chi connectivity index (χ0v) is 8.96. The van der Waals surface area contributed by atoms with Crippen LogP contribution in [0.3, 0.4) is 0 Å². The van der Waals surface area contributed by atoms with Crippen LogP contribution in [-0.4, -0.2) is 21.4 Å². The summed E-state index contributed by atoms with van der Waals surface area (Å²) in [5.74, 6) is 0.797. The van der Waals surface area contributed by atoms with Crippen molar-refractivity contribution in [3.05, 3.63) is 22.7 Å². The second kappa shape index (κ2) is 2.99. The number of fused-ring (bicyclic) bond motifs is 1. The lowest BCUT2D eigenvalue weighted by Gasteiger charge is -2.03. The van der Waals surface area contributed by atoms with Crippen molar-refractivity contribution < 1.29 is 0 Å². The van der Waals surface area contributed by atoms with E-state index < -0.39 is 0 Å². The fraction of sp³-hybridized carbons (Fsp3) is 0.250. The fourth-order valence-electron chi connectivity index (χ4n) is 1.25. The largest absolute Gasteiger partial charge is 0.370 e. The van der Waals surface area contributed by atoms with Crippen LogP contribution in [0.25, 0.3) is 5.65 Å². The maximum absolute atomic E-state index is 4.32. The van der Waals surface area contributed by atoms with Crippen molar-refractivity contribution in [2.45, 2.75) is 6.92 Å². The Labute approximate surface area is 84.1 Å². The highest BCUT2D eigenvalue weighted by molar-refractivity contribution is 9.10. The molecule has 0 saturated heterocycles. The summed E-state index contributed by atoms with van der Waals surface area (Å²) in [5.41, 5.74) is 1.79. The van der Waals surface area contributed by atoms with Crippen molar-refractivity contribution >= 4 is 27.4 Å². The minimum atomic E-state index is 0.797. The van der Waals surface area contributed by atoms with Crippen molar-refractivity contribution in [2.75, 3.05) is 12.4 Å². The Bertz CT molecular complexity index is 449.